The standard InChI is InChI=1S/C11H12N2OS2/c1-7-2-4-8(5-3-7)13-10(14)9(6-12)16-11(13)15/h2-5,9H,6,12H2,1H3. The fourth-order valence-corrected chi connectivity index (χ4v) is 2.92. The largest absolute Gasteiger partial charge is 0.329 e. The molecule has 0 aromatic heterocycles. The van der Waals surface area contributed by atoms with Gasteiger partial charge in [-0.15, -0.1) is 0 Å². The average Bonchev–Trinajstić information content (AvgIpc) is 2.56. The van der Waals surface area contributed by atoms with E-state index in [1.807, 2.05) is 31.2 Å². The zero-order chi connectivity index (χ0) is 11.7. The number of carbonyl (C=O) groups is 1. The predicted molar refractivity (Wildman–Crippen MR) is 71.7 cm³/mol. The second-order valence-electron chi connectivity index (χ2n) is 3.62. The number of carbonyl (C=O) groups excluding carboxylic acids is 1. The average molecular weight is 252 g/mol. The van der Waals surface area contributed by atoms with Gasteiger partial charge < -0.3 is 5.73 Å². The van der Waals surface area contributed by atoms with Gasteiger partial charge in [-0.3, -0.25) is 9.69 Å². The van der Waals surface area contributed by atoms with Crippen LogP contribution in [0.1, 0.15) is 5.56 Å². The maximum atomic E-state index is 12.0. The molecule has 3 nitrogen and oxygen atoms in total. The van der Waals surface area contributed by atoms with E-state index in [0.717, 1.165) is 11.3 Å². The lowest BCUT2D eigenvalue weighted by atomic mass is 10.2. The molecule has 5 heteroatoms. The zero-order valence-corrected chi connectivity index (χ0v) is 10.5. The fourth-order valence-electron chi connectivity index (χ4n) is 1.53. The van der Waals surface area contributed by atoms with Gasteiger partial charge in [0.2, 0.25) is 5.91 Å². The Bertz CT molecular complexity index is 430. The van der Waals surface area contributed by atoms with Gasteiger partial charge in [0.15, 0.2) is 0 Å². The molecule has 0 spiro atoms. The molecule has 1 atom stereocenters. The van der Waals surface area contributed by atoms with Crippen LogP contribution in [0, 0.1) is 6.92 Å². The maximum Gasteiger partial charge on any atom is 0.247 e. The van der Waals surface area contributed by atoms with Crippen LogP contribution in [0.4, 0.5) is 5.69 Å². The smallest absolute Gasteiger partial charge is 0.247 e. The third kappa shape index (κ3) is 1.98. The molecule has 84 valence electrons. The summed E-state index contributed by atoms with van der Waals surface area (Å²) in [5, 5.41) is -0.228. The first-order valence-corrected chi connectivity index (χ1v) is 6.23. The van der Waals surface area contributed by atoms with Crippen LogP contribution in [0.3, 0.4) is 0 Å². The number of hydrogen-bond donors (Lipinski definition) is 1. The first-order valence-electron chi connectivity index (χ1n) is 4.95. The summed E-state index contributed by atoms with van der Waals surface area (Å²) < 4.78 is 0.587. The number of thiocarbonyl (C=S) groups is 1. The summed E-state index contributed by atoms with van der Waals surface area (Å²) in [5.41, 5.74) is 7.50. The highest BCUT2D eigenvalue weighted by Gasteiger charge is 2.36. The van der Waals surface area contributed by atoms with E-state index in [-0.39, 0.29) is 11.2 Å². The molecule has 1 unspecified atom stereocenters. The van der Waals surface area contributed by atoms with Gasteiger partial charge in [-0.05, 0) is 19.1 Å². The molecule has 0 aliphatic carbocycles. The van der Waals surface area contributed by atoms with Gasteiger partial charge in [0.1, 0.15) is 9.57 Å². The molecule has 1 aliphatic rings. The van der Waals surface area contributed by atoms with Gasteiger partial charge in [-0.1, -0.05) is 41.7 Å². The minimum Gasteiger partial charge on any atom is -0.329 e. The maximum absolute atomic E-state index is 12.0. The molecule has 1 saturated heterocycles. The van der Waals surface area contributed by atoms with Crippen molar-refractivity contribution in [2.24, 2.45) is 5.73 Å². The minimum absolute atomic E-state index is 0.0126. The molecule has 0 bridgehead atoms. The Balaban J connectivity index is 2.31. The van der Waals surface area contributed by atoms with E-state index in [0.29, 0.717) is 10.9 Å². The summed E-state index contributed by atoms with van der Waals surface area (Å²) in [6.07, 6.45) is 0. The minimum atomic E-state index is -0.228. The Hall–Kier alpha value is -0.910. The Morgan fingerprint density at radius 3 is 2.56 bits per heavy atom. The van der Waals surface area contributed by atoms with Crippen LogP contribution < -0.4 is 10.6 Å². The third-order valence-corrected chi connectivity index (χ3v) is 3.96. The van der Waals surface area contributed by atoms with E-state index in [1.54, 1.807) is 4.90 Å². The summed E-state index contributed by atoms with van der Waals surface area (Å²) in [4.78, 5) is 13.5. The third-order valence-electron chi connectivity index (χ3n) is 2.43. The highest BCUT2D eigenvalue weighted by Crippen LogP contribution is 2.31. The van der Waals surface area contributed by atoms with Crippen molar-refractivity contribution >= 4 is 39.9 Å². The molecule has 16 heavy (non-hydrogen) atoms. The molecule has 2 N–H and O–H groups in total. The van der Waals surface area contributed by atoms with Crippen LogP contribution >= 0.6 is 24.0 Å². The van der Waals surface area contributed by atoms with Crippen molar-refractivity contribution in [3.63, 3.8) is 0 Å². The van der Waals surface area contributed by atoms with Crippen molar-refractivity contribution in [2.45, 2.75) is 12.2 Å². The van der Waals surface area contributed by atoms with Crippen LogP contribution in [0.25, 0.3) is 0 Å². The number of anilines is 1. The van der Waals surface area contributed by atoms with E-state index >= 15 is 0 Å². The summed E-state index contributed by atoms with van der Waals surface area (Å²) in [7, 11) is 0. The highest BCUT2D eigenvalue weighted by atomic mass is 32.2. The highest BCUT2D eigenvalue weighted by molar-refractivity contribution is 8.25. The van der Waals surface area contributed by atoms with Gasteiger partial charge in [-0.2, -0.15) is 0 Å². The SMILES string of the molecule is Cc1ccc(N2C(=O)C(CN)SC2=S)cc1. The van der Waals surface area contributed by atoms with E-state index in [9.17, 15) is 4.79 Å². The first kappa shape index (κ1) is 11.6. The van der Waals surface area contributed by atoms with Gasteiger partial charge in [0.25, 0.3) is 0 Å². The second-order valence-corrected chi connectivity index (χ2v) is 5.45. The van der Waals surface area contributed by atoms with Gasteiger partial charge >= 0.3 is 0 Å². The lowest BCUT2D eigenvalue weighted by molar-refractivity contribution is -0.116. The molecule has 1 heterocycles. The molecule has 2 rings (SSSR count). The summed E-state index contributed by atoms with van der Waals surface area (Å²) >= 11 is 6.55. The lowest BCUT2D eigenvalue weighted by Gasteiger charge is -2.15. The number of rotatable bonds is 2. The topological polar surface area (TPSA) is 46.3 Å². The number of benzene rings is 1. The summed E-state index contributed by atoms with van der Waals surface area (Å²) in [5.74, 6) is -0.0126. The van der Waals surface area contributed by atoms with Crippen molar-refractivity contribution in [2.75, 3.05) is 11.4 Å². The number of aryl methyl sites for hydroxylation is 1. The molecular formula is C11H12N2OS2. The molecule has 1 fully saturated rings. The van der Waals surface area contributed by atoms with Gasteiger partial charge in [0, 0.05) is 6.54 Å². The molecule has 1 aliphatic heterocycles. The van der Waals surface area contributed by atoms with E-state index in [1.165, 1.54) is 11.8 Å². The zero-order valence-electron chi connectivity index (χ0n) is 8.84. The van der Waals surface area contributed by atoms with Crippen LogP contribution in [-0.2, 0) is 4.79 Å². The van der Waals surface area contributed by atoms with E-state index in [4.69, 9.17) is 18.0 Å². The molecule has 1 aromatic rings. The molecule has 1 amide bonds. The number of amides is 1. The second kappa shape index (κ2) is 4.53. The van der Waals surface area contributed by atoms with Crippen LogP contribution in [0.5, 0.6) is 0 Å². The summed E-state index contributed by atoms with van der Waals surface area (Å²) in [6.45, 7) is 2.33. The number of nitrogens with two attached hydrogens (primary N) is 1. The number of hydrogen-bond acceptors (Lipinski definition) is 4. The Kier molecular flexibility index (Phi) is 3.28. The molecule has 0 radical (unpaired) electrons. The summed E-state index contributed by atoms with van der Waals surface area (Å²) in [6, 6.07) is 7.73. The Morgan fingerprint density at radius 1 is 1.44 bits per heavy atom. The van der Waals surface area contributed by atoms with Gasteiger partial charge in [-0.25, -0.2) is 0 Å². The monoisotopic (exact) mass is 252 g/mol. The predicted octanol–water partition coefficient (Wildman–Crippen LogP) is 1.69. The van der Waals surface area contributed by atoms with Crippen LogP contribution in [-0.4, -0.2) is 22.0 Å². The number of thioether (sulfide) groups is 1. The normalized spacial score (nSPS) is 20.6. The van der Waals surface area contributed by atoms with Crippen LogP contribution in [0.2, 0.25) is 0 Å². The van der Waals surface area contributed by atoms with Crippen molar-refractivity contribution in [3.05, 3.63) is 29.8 Å². The molecule has 0 saturated carbocycles. The number of nitrogens with zero attached hydrogens (tertiary/aromatic N) is 1. The van der Waals surface area contributed by atoms with Crippen molar-refractivity contribution in [1.29, 1.82) is 0 Å². The molecule has 1 aromatic carbocycles. The van der Waals surface area contributed by atoms with Crippen molar-refractivity contribution in [1.82, 2.24) is 0 Å². The quantitative estimate of drug-likeness (QED) is 0.814. The fraction of sp³-hybridized carbons (Fsp3) is 0.273. The van der Waals surface area contributed by atoms with Crippen LogP contribution in [0.15, 0.2) is 24.3 Å². The Morgan fingerprint density at radius 2 is 2.06 bits per heavy atom. The van der Waals surface area contributed by atoms with E-state index in [2.05, 4.69) is 0 Å². The Labute approximate surface area is 104 Å². The van der Waals surface area contributed by atoms with E-state index < -0.39 is 0 Å². The first-order chi connectivity index (χ1) is 7.63. The van der Waals surface area contributed by atoms with Gasteiger partial charge in [0.05, 0.1) is 5.69 Å². The van der Waals surface area contributed by atoms with Crippen molar-refractivity contribution in [3.8, 4) is 0 Å². The lowest BCUT2D eigenvalue weighted by Crippen LogP contribution is -2.34. The molecular weight excluding hydrogens is 240 g/mol. The van der Waals surface area contributed by atoms with Crippen molar-refractivity contribution < 1.29 is 4.79 Å².